The topological polar surface area (TPSA) is 39.4 Å². The van der Waals surface area contributed by atoms with Crippen molar-refractivity contribution in [1.29, 1.82) is 0 Å². The Labute approximate surface area is 118 Å². The van der Waals surface area contributed by atoms with E-state index in [9.17, 15) is 0 Å². The van der Waals surface area contributed by atoms with Crippen LogP contribution in [0.2, 0.25) is 0 Å². The van der Waals surface area contributed by atoms with Crippen molar-refractivity contribution >= 4 is 5.65 Å². The Morgan fingerprint density at radius 1 is 1.10 bits per heavy atom. The first-order valence-electron chi connectivity index (χ1n) is 6.70. The summed E-state index contributed by atoms with van der Waals surface area (Å²) in [6, 6.07) is 14.1. The van der Waals surface area contributed by atoms with E-state index in [1.54, 1.807) is 7.11 Å². The van der Waals surface area contributed by atoms with E-state index in [1.807, 2.05) is 41.8 Å². The van der Waals surface area contributed by atoms with Gasteiger partial charge in [-0.2, -0.15) is 5.10 Å². The van der Waals surface area contributed by atoms with Crippen LogP contribution in [0.25, 0.3) is 5.65 Å². The third-order valence-corrected chi connectivity index (χ3v) is 3.36. The van der Waals surface area contributed by atoms with Crippen LogP contribution in [0.3, 0.4) is 0 Å². The van der Waals surface area contributed by atoms with Gasteiger partial charge >= 0.3 is 0 Å². The molecular formula is C16H17N3O. The molecule has 0 saturated carbocycles. The number of hydrogen-bond donors (Lipinski definition) is 0. The van der Waals surface area contributed by atoms with Crippen LogP contribution in [-0.4, -0.2) is 21.7 Å². The molecule has 0 spiro atoms. The van der Waals surface area contributed by atoms with Crippen molar-refractivity contribution in [1.82, 2.24) is 14.6 Å². The molecule has 3 rings (SSSR count). The smallest absolute Gasteiger partial charge is 0.155 e. The summed E-state index contributed by atoms with van der Waals surface area (Å²) in [5.74, 6) is 1.77. The summed E-state index contributed by atoms with van der Waals surface area (Å²) in [5.41, 5.74) is 3.24. The van der Waals surface area contributed by atoms with Gasteiger partial charge in [-0.1, -0.05) is 18.2 Å². The highest BCUT2D eigenvalue weighted by Crippen LogP contribution is 2.14. The Morgan fingerprint density at radius 3 is 2.75 bits per heavy atom. The predicted octanol–water partition coefficient (Wildman–Crippen LogP) is 2.83. The maximum atomic E-state index is 5.24. The number of methoxy groups -OCH3 is 1. The van der Waals surface area contributed by atoms with Gasteiger partial charge in [0.15, 0.2) is 11.5 Å². The number of pyridine rings is 1. The first kappa shape index (κ1) is 12.7. The largest absolute Gasteiger partial charge is 0.497 e. The highest BCUT2D eigenvalue weighted by molar-refractivity contribution is 5.38. The van der Waals surface area contributed by atoms with Gasteiger partial charge in [0, 0.05) is 12.1 Å². The van der Waals surface area contributed by atoms with Gasteiger partial charge in [-0.25, -0.2) is 9.50 Å². The van der Waals surface area contributed by atoms with E-state index < -0.39 is 0 Å². The van der Waals surface area contributed by atoms with Crippen LogP contribution in [0.15, 0.2) is 42.5 Å². The van der Waals surface area contributed by atoms with E-state index in [2.05, 4.69) is 22.2 Å². The molecule has 0 saturated heterocycles. The lowest BCUT2D eigenvalue weighted by molar-refractivity contribution is 0.414. The minimum atomic E-state index is 0.828. The molecule has 0 aliphatic carbocycles. The van der Waals surface area contributed by atoms with Crippen molar-refractivity contribution in [2.75, 3.05) is 7.11 Å². The minimum Gasteiger partial charge on any atom is -0.497 e. The van der Waals surface area contributed by atoms with Gasteiger partial charge < -0.3 is 4.74 Å². The summed E-state index contributed by atoms with van der Waals surface area (Å²) in [5, 5.41) is 4.54. The van der Waals surface area contributed by atoms with Gasteiger partial charge in [0.05, 0.1) is 7.11 Å². The molecule has 0 unspecified atom stereocenters. The first-order chi connectivity index (χ1) is 9.76. The normalized spacial score (nSPS) is 10.9. The van der Waals surface area contributed by atoms with Crippen LogP contribution in [0.1, 0.15) is 17.1 Å². The predicted molar refractivity (Wildman–Crippen MR) is 78.1 cm³/mol. The molecule has 0 aliphatic heterocycles. The molecule has 0 fully saturated rings. The summed E-state index contributed by atoms with van der Waals surface area (Å²) >= 11 is 0. The van der Waals surface area contributed by atoms with Crippen LogP contribution < -0.4 is 4.74 Å². The quantitative estimate of drug-likeness (QED) is 0.729. The van der Waals surface area contributed by atoms with E-state index in [0.717, 1.165) is 35.8 Å². The fraction of sp³-hybridized carbons (Fsp3) is 0.250. The molecule has 0 atom stereocenters. The molecule has 4 heteroatoms. The van der Waals surface area contributed by atoms with Gasteiger partial charge in [-0.3, -0.25) is 0 Å². The Kier molecular flexibility index (Phi) is 3.37. The second-order valence-electron chi connectivity index (χ2n) is 4.82. The lowest BCUT2D eigenvalue weighted by atomic mass is 10.1. The SMILES string of the molecule is COc1cccc(CCc2nc3cccc(C)n3n2)c1. The van der Waals surface area contributed by atoms with Crippen molar-refractivity contribution in [3.05, 3.63) is 59.5 Å². The Hall–Kier alpha value is -2.36. The molecule has 2 aromatic heterocycles. The molecule has 0 N–H and O–H groups in total. The minimum absolute atomic E-state index is 0.828. The first-order valence-corrected chi connectivity index (χ1v) is 6.70. The number of hydrogen-bond acceptors (Lipinski definition) is 3. The number of aryl methyl sites for hydroxylation is 3. The maximum absolute atomic E-state index is 5.24. The molecule has 0 aliphatic rings. The van der Waals surface area contributed by atoms with Crippen LogP contribution in [-0.2, 0) is 12.8 Å². The molecule has 4 nitrogen and oxygen atoms in total. The molecule has 20 heavy (non-hydrogen) atoms. The highest BCUT2D eigenvalue weighted by atomic mass is 16.5. The third-order valence-electron chi connectivity index (χ3n) is 3.36. The van der Waals surface area contributed by atoms with Gasteiger partial charge in [0.2, 0.25) is 0 Å². The second kappa shape index (κ2) is 5.33. The van der Waals surface area contributed by atoms with Gasteiger partial charge in [0.25, 0.3) is 0 Å². The maximum Gasteiger partial charge on any atom is 0.155 e. The van der Waals surface area contributed by atoms with Crippen molar-refractivity contribution in [2.24, 2.45) is 0 Å². The van der Waals surface area contributed by atoms with Crippen molar-refractivity contribution in [3.8, 4) is 5.75 Å². The zero-order valence-corrected chi connectivity index (χ0v) is 11.7. The van der Waals surface area contributed by atoms with E-state index in [-0.39, 0.29) is 0 Å². The van der Waals surface area contributed by atoms with E-state index in [4.69, 9.17) is 4.74 Å². The number of aromatic nitrogens is 3. The van der Waals surface area contributed by atoms with Gasteiger partial charge in [-0.15, -0.1) is 0 Å². The number of rotatable bonds is 4. The zero-order valence-electron chi connectivity index (χ0n) is 11.7. The average Bonchev–Trinajstić information content (AvgIpc) is 2.90. The van der Waals surface area contributed by atoms with Gasteiger partial charge in [-0.05, 0) is 43.2 Å². The number of fused-ring (bicyclic) bond motifs is 1. The van der Waals surface area contributed by atoms with E-state index >= 15 is 0 Å². The van der Waals surface area contributed by atoms with E-state index in [1.165, 1.54) is 5.56 Å². The summed E-state index contributed by atoms with van der Waals surface area (Å²) in [6.45, 7) is 2.04. The number of benzene rings is 1. The molecule has 1 aromatic carbocycles. The summed E-state index contributed by atoms with van der Waals surface area (Å²) in [7, 11) is 1.69. The van der Waals surface area contributed by atoms with E-state index in [0.29, 0.717) is 0 Å². The summed E-state index contributed by atoms with van der Waals surface area (Å²) in [6.07, 6.45) is 1.74. The van der Waals surface area contributed by atoms with Crippen LogP contribution in [0, 0.1) is 6.92 Å². The lowest BCUT2D eigenvalue weighted by Crippen LogP contribution is -1.96. The third kappa shape index (κ3) is 2.50. The zero-order chi connectivity index (χ0) is 13.9. The van der Waals surface area contributed by atoms with Crippen molar-refractivity contribution < 1.29 is 4.74 Å². The lowest BCUT2D eigenvalue weighted by Gasteiger charge is -2.02. The molecule has 0 amide bonds. The fourth-order valence-electron chi connectivity index (χ4n) is 2.27. The number of nitrogens with zero attached hydrogens (tertiary/aromatic N) is 3. The molecular weight excluding hydrogens is 250 g/mol. The van der Waals surface area contributed by atoms with Crippen LogP contribution in [0.4, 0.5) is 0 Å². The second-order valence-corrected chi connectivity index (χ2v) is 4.82. The average molecular weight is 267 g/mol. The Bertz CT molecular complexity index is 733. The standard InChI is InChI=1S/C16H17N3O/c1-12-5-3-8-16-17-15(18-19(12)16)10-9-13-6-4-7-14(11-13)20-2/h3-8,11H,9-10H2,1-2H3. The summed E-state index contributed by atoms with van der Waals surface area (Å²) < 4.78 is 7.13. The van der Waals surface area contributed by atoms with Crippen LogP contribution in [0.5, 0.6) is 5.75 Å². The fourth-order valence-corrected chi connectivity index (χ4v) is 2.27. The van der Waals surface area contributed by atoms with Crippen molar-refractivity contribution in [2.45, 2.75) is 19.8 Å². The molecule has 0 bridgehead atoms. The molecule has 3 aromatic rings. The van der Waals surface area contributed by atoms with Gasteiger partial charge in [0.1, 0.15) is 5.75 Å². The number of ether oxygens (including phenoxy) is 1. The molecule has 0 radical (unpaired) electrons. The van der Waals surface area contributed by atoms with Crippen molar-refractivity contribution in [3.63, 3.8) is 0 Å². The Morgan fingerprint density at radius 2 is 1.95 bits per heavy atom. The molecule has 2 heterocycles. The Balaban J connectivity index is 1.78. The monoisotopic (exact) mass is 267 g/mol. The summed E-state index contributed by atoms with van der Waals surface area (Å²) in [4.78, 5) is 4.55. The highest BCUT2D eigenvalue weighted by Gasteiger charge is 2.05. The molecule has 102 valence electrons. The van der Waals surface area contributed by atoms with Crippen LogP contribution >= 0.6 is 0 Å².